The van der Waals surface area contributed by atoms with Crippen LogP contribution >= 0.6 is 0 Å². The molecule has 0 bridgehead atoms. The minimum absolute atomic E-state index is 0.0258. The van der Waals surface area contributed by atoms with Gasteiger partial charge in [0, 0.05) is 37.6 Å². The normalized spacial score (nSPS) is 15.6. The Morgan fingerprint density at radius 3 is 2.62 bits per heavy atom. The van der Waals surface area contributed by atoms with Crippen LogP contribution in [0.2, 0.25) is 0 Å². The van der Waals surface area contributed by atoms with Crippen LogP contribution in [-0.4, -0.2) is 33.4 Å². The summed E-state index contributed by atoms with van der Waals surface area (Å²) in [5.74, 6) is 0.348. The van der Waals surface area contributed by atoms with Crippen molar-refractivity contribution in [3.63, 3.8) is 0 Å². The predicted molar refractivity (Wildman–Crippen MR) is 101 cm³/mol. The van der Waals surface area contributed by atoms with E-state index in [9.17, 15) is 18.0 Å². The highest BCUT2D eigenvalue weighted by Crippen LogP contribution is 2.30. The number of carbonyl (C=O) groups is 1. The molecule has 0 atom stereocenters. The topological polar surface area (TPSA) is 62.5 Å². The summed E-state index contributed by atoms with van der Waals surface area (Å²) in [7, 11) is 0. The molecule has 0 aromatic carbocycles. The molecule has 0 radical (unpaired) electrons. The molecule has 0 unspecified atom stereocenters. The van der Waals surface area contributed by atoms with E-state index in [1.165, 1.54) is 6.07 Å². The number of hydrogen-bond donors (Lipinski definition) is 1. The van der Waals surface area contributed by atoms with Crippen LogP contribution in [0.15, 0.2) is 48.9 Å². The predicted octanol–water partition coefficient (Wildman–Crippen LogP) is 3.28. The van der Waals surface area contributed by atoms with Crippen molar-refractivity contribution in [2.45, 2.75) is 25.6 Å². The van der Waals surface area contributed by atoms with Crippen LogP contribution in [-0.2, 0) is 17.5 Å². The average molecular weight is 403 g/mol. The number of aromatic nitrogens is 3. The van der Waals surface area contributed by atoms with Crippen LogP contribution in [0.4, 0.5) is 19.0 Å². The summed E-state index contributed by atoms with van der Waals surface area (Å²) in [5.41, 5.74) is 0.854. The second kappa shape index (κ2) is 7.73. The highest BCUT2D eigenvalue weighted by Gasteiger charge is 2.31. The number of amides is 1. The minimum atomic E-state index is -4.39. The molecule has 4 rings (SSSR count). The molecule has 6 nitrogen and oxygen atoms in total. The number of alkyl halides is 3. The van der Waals surface area contributed by atoms with Crippen LogP contribution in [0.1, 0.15) is 24.1 Å². The van der Waals surface area contributed by atoms with Gasteiger partial charge in [0.05, 0.1) is 17.8 Å². The number of hydrogen-bond acceptors (Lipinski definition) is 4. The summed E-state index contributed by atoms with van der Waals surface area (Å²) >= 11 is 0. The second-order valence-corrected chi connectivity index (χ2v) is 7.08. The fraction of sp³-hybridized carbons (Fsp3) is 0.350. The van der Waals surface area contributed by atoms with Gasteiger partial charge in [-0.2, -0.15) is 13.2 Å². The molecule has 3 aromatic heterocycles. The molecule has 1 aliphatic rings. The highest BCUT2D eigenvalue weighted by molar-refractivity contribution is 5.78. The number of imidazole rings is 1. The van der Waals surface area contributed by atoms with Crippen LogP contribution in [0, 0.1) is 5.92 Å². The Balaban J connectivity index is 1.29. The number of anilines is 1. The first-order chi connectivity index (χ1) is 13.9. The Hall–Kier alpha value is -3.10. The first kappa shape index (κ1) is 19.2. The fourth-order valence-corrected chi connectivity index (χ4v) is 3.51. The molecule has 9 heteroatoms. The van der Waals surface area contributed by atoms with Gasteiger partial charge in [0.25, 0.3) is 0 Å². The van der Waals surface area contributed by atoms with Gasteiger partial charge in [-0.3, -0.25) is 4.79 Å². The van der Waals surface area contributed by atoms with Gasteiger partial charge >= 0.3 is 6.18 Å². The lowest BCUT2D eigenvalue weighted by Gasteiger charge is -2.32. The zero-order chi connectivity index (χ0) is 20.4. The molecule has 1 aliphatic heterocycles. The first-order valence-corrected chi connectivity index (χ1v) is 9.39. The maximum atomic E-state index is 12.7. The Morgan fingerprint density at radius 2 is 1.97 bits per heavy atom. The standard InChI is InChI=1S/C20H20F3N5O/c21-20(22,23)15-4-5-17(24-11-15)27-9-6-14(7-10-27)19(29)25-12-16-13-28-8-2-1-3-18(28)26-16/h1-5,8,11,13-14H,6-7,9-10,12H2,(H,25,29). The molecule has 4 heterocycles. The van der Waals surface area contributed by atoms with E-state index in [0.717, 1.165) is 23.6 Å². The van der Waals surface area contributed by atoms with Gasteiger partial charge in [-0.1, -0.05) is 6.07 Å². The number of carbonyl (C=O) groups excluding carboxylic acids is 1. The summed E-state index contributed by atoms with van der Waals surface area (Å²) < 4.78 is 39.9. The van der Waals surface area contributed by atoms with E-state index in [0.29, 0.717) is 38.3 Å². The van der Waals surface area contributed by atoms with Crippen molar-refractivity contribution in [3.8, 4) is 0 Å². The molecule has 29 heavy (non-hydrogen) atoms. The van der Waals surface area contributed by atoms with Crippen molar-refractivity contribution in [1.29, 1.82) is 0 Å². The zero-order valence-corrected chi connectivity index (χ0v) is 15.6. The first-order valence-electron chi connectivity index (χ1n) is 9.39. The van der Waals surface area contributed by atoms with Gasteiger partial charge in [0.15, 0.2) is 0 Å². The van der Waals surface area contributed by atoms with Gasteiger partial charge in [0.1, 0.15) is 11.5 Å². The number of fused-ring (bicyclic) bond motifs is 1. The molecule has 1 N–H and O–H groups in total. The van der Waals surface area contributed by atoms with Gasteiger partial charge in [-0.15, -0.1) is 0 Å². The van der Waals surface area contributed by atoms with Crippen LogP contribution in [0.25, 0.3) is 5.65 Å². The molecular formula is C20H20F3N5O. The van der Waals surface area contributed by atoms with Crippen LogP contribution < -0.4 is 10.2 Å². The maximum absolute atomic E-state index is 12.7. The quantitative estimate of drug-likeness (QED) is 0.726. The maximum Gasteiger partial charge on any atom is 0.417 e. The Labute approximate surface area is 165 Å². The third kappa shape index (κ3) is 4.33. The van der Waals surface area contributed by atoms with Crippen molar-refractivity contribution in [2.24, 2.45) is 5.92 Å². The van der Waals surface area contributed by atoms with Gasteiger partial charge < -0.3 is 14.6 Å². The van der Waals surface area contributed by atoms with Crippen LogP contribution in [0.3, 0.4) is 0 Å². The largest absolute Gasteiger partial charge is 0.417 e. The van der Waals surface area contributed by atoms with E-state index >= 15 is 0 Å². The van der Waals surface area contributed by atoms with Crippen molar-refractivity contribution >= 4 is 17.4 Å². The Bertz CT molecular complexity index is 958. The van der Waals surface area contributed by atoms with Crippen molar-refractivity contribution in [3.05, 3.63) is 60.2 Å². The third-order valence-electron chi connectivity index (χ3n) is 5.12. The number of nitrogens with zero attached hydrogens (tertiary/aromatic N) is 4. The number of halogens is 3. The van der Waals surface area contributed by atoms with E-state index in [1.807, 2.05) is 39.9 Å². The summed E-state index contributed by atoms with van der Waals surface area (Å²) in [6, 6.07) is 8.14. The van der Waals surface area contributed by atoms with Gasteiger partial charge in [-0.25, -0.2) is 9.97 Å². The second-order valence-electron chi connectivity index (χ2n) is 7.08. The summed E-state index contributed by atoms with van der Waals surface area (Å²) in [5, 5.41) is 2.93. The van der Waals surface area contributed by atoms with E-state index in [2.05, 4.69) is 15.3 Å². The van der Waals surface area contributed by atoms with Gasteiger partial charge in [-0.05, 0) is 37.1 Å². The molecule has 3 aromatic rings. The molecule has 1 saturated heterocycles. The molecule has 1 amide bonds. The summed E-state index contributed by atoms with van der Waals surface area (Å²) in [6.07, 6.45) is 1.49. The number of nitrogens with one attached hydrogen (secondary N) is 1. The van der Waals surface area contributed by atoms with Crippen molar-refractivity contribution in [2.75, 3.05) is 18.0 Å². The van der Waals surface area contributed by atoms with Crippen molar-refractivity contribution < 1.29 is 18.0 Å². The summed E-state index contributed by atoms with van der Waals surface area (Å²) in [6.45, 7) is 1.51. The highest BCUT2D eigenvalue weighted by atomic mass is 19.4. The van der Waals surface area contributed by atoms with E-state index in [4.69, 9.17) is 0 Å². The lowest BCUT2D eigenvalue weighted by Crippen LogP contribution is -2.40. The van der Waals surface area contributed by atoms with Crippen molar-refractivity contribution in [1.82, 2.24) is 19.7 Å². The van der Waals surface area contributed by atoms with Gasteiger partial charge in [0.2, 0.25) is 5.91 Å². The van der Waals surface area contributed by atoms with Crippen LogP contribution in [0.5, 0.6) is 0 Å². The smallest absolute Gasteiger partial charge is 0.357 e. The number of piperidine rings is 1. The Morgan fingerprint density at radius 1 is 1.17 bits per heavy atom. The lowest BCUT2D eigenvalue weighted by molar-refractivity contribution is -0.137. The molecule has 152 valence electrons. The molecular weight excluding hydrogens is 383 g/mol. The monoisotopic (exact) mass is 403 g/mol. The van der Waals surface area contributed by atoms with E-state index < -0.39 is 11.7 Å². The Kier molecular flexibility index (Phi) is 5.12. The lowest BCUT2D eigenvalue weighted by atomic mass is 9.96. The van der Waals surface area contributed by atoms with E-state index in [-0.39, 0.29) is 11.8 Å². The fourth-order valence-electron chi connectivity index (χ4n) is 3.51. The zero-order valence-electron chi connectivity index (χ0n) is 15.6. The average Bonchev–Trinajstić information content (AvgIpc) is 3.15. The molecule has 1 fully saturated rings. The molecule has 0 spiro atoms. The third-order valence-corrected chi connectivity index (χ3v) is 5.12. The molecule has 0 aliphatic carbocycles. The summed E-state index contributed by atoms with van der Waals surface area (Å²) in [4.78, 5) is 22.8. The molecule has 0 saturated carbocycles. The number of pyridine rings is 2. The number of rotatable bonds is 4. The SMILES string of the molecule is O=C(NCc1cn2ccccc2n1)C1CCN(c2ccc(C(F)(F)F)cn2)CC1. The van der Waals surface area contributed by atoms with E-state index in [1.54, 1.807) is 0 Å². The minimum Gasteiger partial charge on any atom is -0.357 e.